The maximum Gasteiger partial charge on any atom is 0.282 e. The number of carbonyl (C=O) groups is 2. The lowest BCUT2D eigenvalue weighted by Gasteiger charge is -2.22. The number of nitrogens with one attached hydrogen (secondary N) is 1. The molecule has 0 bridgehead atoms. The Labute approximate surface area is 212 Å². The number of likely N-dealkylation sites (N-methyl/N-ethyl adjacent to an activating group) is 1. The van der Waals surface area contributed by atoms with E-state index in [0.29, 0.717) is 30.9 Å². The van der Waals surface area contributed by atoms with E-state index in [4.69, 9.17) is 0 Å². The van der Waals surface area contributed by atoms with Gasteiger partial charge in [-0.3, -0.25) is 19.5 Å². The van der Waals surface area contributed by atoms with Crippen molar-refractivity contribution in [2.24, 2.45) is 0 Å². The summed E-state index contributed by atoms with van der Waals surface area (Å²) >= 11 is 0. The van der Waals surface area contributed by atoms with Gasteiger partial charge in [0.1, 0.15) is 5.70 Å². The molecular weight excluding hydrogens is 452 g/mol. The third-order valence-corrected chi connectivity index (χ3v) is 6.74. The Balaban J connectivity index is 1.98. The molecule has 1 aliphatic rings. The summed E-state index contributed by atoms with van der Waals surface area (Å²) < 4.78 is 1.51. The van der Waals surface area contributed by atoms with Crippen molar-refractivity contribution in [2.75, 3.05) is 18.0 Å². The predicted molar refractivity (Wildman–Crippen MR) is 143 cm³/mol. The lowest BCUT2D eigenvalue weighted by molar-refractivity contribution is -0.120. The quantitative estimate of drug-likeness (QED) is 0.470. The molecule has 2 amide bonds. The molecule has 0 saturated heterocycles. The van der Waals surface area contributed by atoms with Gasteiger partial charge in [-0.25, -0.2) is 9.58 Å². The molecule has 4 rings (SSSR count). The maximum absolute atomic E-state index is 14.0. The molecule has 7 nitrogen and oxygen atoms in total. The van der Waals surface area contributed by atoms with Crippen molar-refractivity contribution in [3.8, 4) is 5.69 Å². The first-order valence-corrected chi connectivity index (χ1v) is 12.6. The topological polar surface area (TPSA) is 78.4 Å². The van der Waals surface area contributed by atoms with E-state index in [1.807, 2.05) is 76.8 Å². The number of hydrogen-bond donors (Lipinski definition) is 1. The first-order chi connectivity index (χ1) is 17.2. The van der Waals surface area contributed by atoms with Gasteiger partial charge in [0.25, 0.3) is 17.4 Å². The summed E-state index contributed by atoms with van der Waals surface area (Å²) in [6, 6.07) is 13.2. The van der Waals surface area contributed by atoms with Gasteiger partial charge in [-0.1, -0.05) is 48.7 Å². The lowest BCUT2D eigenvalue weighted by atomic mass is 10.0. The number of imide groups is 1. The van der Waals surface area contributed by atoms with Crippen LogP contribution in [0.2, 0.25) is 0 Å². The minimum absolute atomic E-state index is 0.178. The van der Waals surface area contributed by atoms with Crippen LogP contribution in [-0.4, -0.2) is 39.6 Å². The number of anilines is 1. The Morgan fingerprint density at radius 2 is 1.47 bits per heavy atom. The van der Waals surface area contributed by atoms with Crippen LogP contribution >= 0.6 is 0 Å². The van der Waals surface area contributed by atoms with Gasteiger partial charge in [0.05, 0.1) is 22.5 Å². The number of aryl methyl sites for hydroxylation is 4. The van der Waals surface area contributed by atoms with Crippen LogP contribution in [0.15, 0.2) is 53.0 Å². The molecule has 0 spiro atoms. The molecule has 0 saturated carbocycles. The molecule has 188 valence electrons. The fraction of sp³-hybridized carbons (Fsp3) is 0.345. The highest BCUT2D eigenvalue weighted by Crippen LogP contribution is 2.35. The minimum Gasteiger partial charge on any atom is -0.367 e. The average Bonchev–Trinajstić information content (AvgIpc) is 3.28. The van der Waals surface area contributed by atoms with Crippen LogP contribution < -0.4 is 10.5 Å². The molecule has 1 N–H and O–H groups in total. The van der Waals surface area contributed by atoms with E-state index in [2.05, 4.69) is 5.10 Å². The summed E-state index contributed by atoms with van der Waals surface area (Å²) in [4.78, 5) is 44.8. The number of benzene rings is 2. The standard InChI is InChI=1S/C29H34N4O3/c1-7-10-22-24(28(35)33(30-22)23-16-13-19(5)17-20(23)6)25-26(31(8-2)9-3)29(36)32(27(25)34)21-14-11-18(4)12-15-21/h11-17,30H,7-10H2,1-6H3. The van der Waals surface area contributed by atoms with Crippen LogP contribution in [0.4, 0.5) is 5.69 Å². The third kappa shape index (κ3) is 4.19. The molecule has 0 atom stereocenters. The van der Waals surface area contributed by atoms with E-state index in [1.54, 1.807) is 12.1 Å². The monoisotopic (exact) mass is 486 g/mol. The summed E-state index contributed by atoms with van der Waals surface area (Å²) in [6.45, 7) is 12.9. The first-order valence-electron chi connectivity index (χ1n) is 12.6. The van der Waals surface area contributed by atoms with Crippen LogP contribution in [0.3, 0.4) is 0 Å². The average molecular weight is 487 g/mol. The number of H-pyrrole nitrogens is 1. The summed E-state index contributed by atoms with van der Waals surface area (Å²) in [7, 11) is 0. The lowest BCUT2D eigenvalue weighted by Crippen LogP contribution is -2.35. The van der Waals surface area contributed by atoms with Crippen molar-refractivity contribution in [3.05, 3.63) is 86.5 Å². The molecule has 7 heteroatoms. The van der Waals surface area contributed by atoms with Crippen LogP contribution in [-0.2, 0) is 16.0 Å². The molecule has 0 radical (unpaired) electrons. The number of aromatic amines is 1. The number of nitrogens with zero attached hydrogens (tertiary/aromatic N) is 3. The zero-order valence-electron chi connectivity index (χ0n) is 21.9. The molecule has 0 fully saturated rings. The first kappa shape index (κ1) is 25.2. The van der Waals surface area contributed by atoms with Crippen molar-refractivity contribution in [1.82, 2.24) is 14.7 Å². The van der Waals surface area contributed by atoms with Crippen molar-refractivity contribution in [3.63, 3.8) is 0 Å². The fourth-order valence-corrected chi connectivity index (χ4v) is 4.90. The van der Waals surface area contributed by atoms with Crippen molar-refractivity contribution >= 4 is 23.1 Å². The second-order valence-corrected chi connectivity index (χ2v) is 9.32. The smallest absolute Gasteiger partial charge is 0.282 e. The molecule has 1 aliphatic heterocycles. The Hall–Kier alpha value is -3.87. The Morgan fingerprint density at radius 1 is 0.833 bits per heavy atom. The number of carbonyl (C=O) groups excluding carboxylic acids is 2. The zero-order valence-corrected chi connectivity index (χ0v) is 21.9. The zero-order chi connectivity index (χ0) is 26.1. The van der Waals surface area contributed by atoms with Crippen LogP contribution in [0.5, 0.6) is 0 Å². The van der Waals surface area contributed by atoms with Crippen molar-refractivity contribution < 1.29 is 9.59 Å². The Bertz CT molecular complexity index is 1410. The molecule has 2 heterocycles. The highest BCUT2D eigenvalue weighted by atomic mass is 16.2. The van der Waals surface area contributed by atoms with Gasteiger partial charge < -0.3 is 4.90 Å². The highest BCUT2D eigenvalue weighted by molar-refractivity contribution is 6.45. The van der Waals surface area contributed by atoms with Gasteiger partial charge in [-0.2, -0.15) is 0 Å². The van der Waals surface area contributed by atoms with E-state index in [-0.39, 0.29) is 22.4 Å². The van der Waals surface area contributed by atoms with E-state index in [1.165, 1.54) is 9.58 Å². The van der Waals surface area contributed by atoms with E-state index in [9.17, 15) is 14.4 Å². The number of hydrogen-bond acceptors (Lipinski definition) is 4. The molecule has 3 aromatic rings. The van der Waals surface area contributed by atoms with Gasteiger partial charge >= 0.3 is 0 Å². The van der Waals surface area contributed by atoms with E-state index >= 15 is 0 Å². The van der Waals surface area contributed by atoms with Gasteiger partial charge in [-0.15, -0.1) is 0 Å². The third-order valence-electron chi connectivity index (χ3n) is 6.74. The van der Waals surface area contributed by atoms with E-state index in [0.717, 1.165) is 28.8 Å². The second-order valence-electron chi connectivity index (χ2n) is 9.32. The summed E-state index contributed by atoms with van der Waals surface area (Å²) in [5.41, 5.74) is 5.38. The van der Waals surface area contributed by atoms with E-state index < -0.39 is 11.8 Å². The minimum atomic E-state index is -0.466. The molecule has 1 aromatic heterocycles. The Kier molecular flexibility index (Phi) is 7.02. The van der Waals surface area contributed by atoms with Gasteiger partial charge in [-0.05, 0) is 64.8 Å². The number of aromatic nitrogens is 2. The Morgan fingerprint density at radius 3 is 2.06 bits per heavy atom. The molecular formula is C29H34N4O3. The number of amides is 2. The molecule has 0 unspecified atom stereocenters. The van der Waals surface area contributed by atoms with Crippen LogP contribution in [0.25, 0.3) is 11.3 Å². The summed E-state index contributed by atoms with van der Waals surface area (Å²) in [5.74, 6) is -0.865. The molecule has 0 aliphatic carbocycles. The largest absolute Gasteiger partial charge is 0.367 e. The molecule has 36 heavy (non-hydrogen) atoms. The second kappa shape index (κ2) is 10.0. The van der Waals surface area contributed by atoms with Crippen LogP contribution in [0, 0.1) is 20.8 Å². The van der Waals surface area contributed by atoms with Gasteiger partial charge in [0.2, 0.25) is 0 Å². The maximum atomic E-state index is 14.0. The predicted octanol–water partition coefficient (Wildman–Crippen LogP) is 4.67. The molecule has 2 aromatic carbocycles. The fourth-order valence-electron chi connectivity index (χ4n) is 4.90. The summed E-state index contributed by atoms with van der Waals surface area (Å²) in [5, 5.41) is 3.27. The SMILES string of the molecule is CCCc1[nH]n(-c2ccc(C)cc2C)c(=O)c1C1=C(N(CC)CC)C(=O)N(c2ccc(C)cc2)C1=O. The summed E-state index contributed by atoms with van der Waals surface area (Å²) in [6.07, 6.45) is 1.35. The van der Waals surface area contributed by atoms with Crippen LogP contribution in [0.1, 0.15) is 55.1 Å². The van der Waals surface area contributed by atoms with Gasteiger partial charge in [0.15, 0.2) is 0 Å². The number of rotatable bonds is 8. The normalized spacial score (nSPS) is 13.8. The van der Waals surface area contributed by atoms with Crippen molar-refractivity contribution in [1.29, 1.82) is 0 Å². The highest BCUT2D eigenvalue weighted by Gasteiger charge is 2.44. The van der Waals surface area contributed by atoms with Gasteiger partial charge in [0, 0.05) is 18.8 Å². The van der Waals surface area contributed by atoms with Crippen molar-refractivity contribution in [2.45, 2.75) is 54.4 Å².